The molecular weight excluding hydrogens is 504 g/mol. The van der Waals surface area contributed by atoms with Gasteiger partial charge in [-0.3, -0.25) is 0 Å². The van der Waals surface area contributed by atoms with Crippen molar-refractivity contribution in [1.29, 1.82) is 0 Å². The van der Waals surface area contributed by atoms with Gasteiger partial charge < -0.3 is 4.90 Å². The van der Waals surface area contributed by atoms with E-state index in [0.29, 0.717) is 0 Å². The van der Waals surface area contributed by atoms with Crippen LogP contribution in [0.2, 0.25) is 0 Å². The molecule has 2 nitrogen and oxygen atoms in total. The van der Waals surface area contributed by atoms with Crippen LogP contribution in [0.15, 0.2) is 146 Å². The maximum absolute atomic E-state index is 5.28. The Bertz CT molecular complexity index is 2110. The summed E-state index contributed by atoms with van der Waals surface area (Å²) in [5.41, 5.74) is 6.56. The SMILES string of the molecule is c1ccc(-c2nc3ccccc3c3c2cc(N(c2ccccc2)c2ccccc2)c2sc4ccccc4c23)cc1. The zero-order valence-corrected chi connectivity index (χ0v) is 22.5. The van der Waals surface area contributed by atoms with E-state index in [1.54, 1.807) is 0 Å². The predicted octanol–water partition coefficient (Wildman–Crippen LogP) is 10.9. The highest BCUT2D eigenvalue weighted by molar-refractivity contribution is 7.26. The minimum absolute atomic E-state index is 1.01. The number of thiophene rings is 1. The van der Waals surface area contributed by atoms with Crippen LogP contribution in [0.4, 0.5) is 17.1 Å². The van der Waals surface area contributed by atoms with E-state index < -0.39 is 0 Å². The third kappa shape index (κ3) is 3.59. The standard InChI is InChI=1S/C37H24N2S/c1-4-14-25(15-5-1)36-30-24-32(39(26-16-6-2-7-17-26)27-18-8-3-9-19-27)37-35(29-21-11-13-23-33(29)40-37)34(30)28-20-10-12-22-31(28)38-36/h1-24H. The lowest BCUT2D eigenvalue weighted by Crippen LogP contribution is -2.10. The first kappa shape index (κ1) is 22.9. The third-order valence-corrected chi connectivity index (χ3v) is 8.80. The van der Waals surface area contributed by atoms with Crippen molar-refractivity contribution in [2.45, 2.75) is 0 Å². The fourth-order valence-electron chi connectivity index (χ4n) is 5.88. The molecule has 0 bridgehead atoms. The Morgan fingerprint density at radius 2 is 1.07 bits per heavy atom. The Morgan fingerprint density at radius 1 is 0.500 bits per heavy atom. The highest BCUT2D eigenvalue weighted by Gasteiger charge is 2.23. The zero-order valence-electron chi connectivity index (χ0n) is 21.7. The van der Waals surface area contributed by atoms with Crippen LogP contribution in [-0.2, 0) is 0 Å². The molecule has 0 spiro atoms. The number of anilines is 3. The van der Waals surface area contributed by atoms with Crippen LogP contribution < -0.4 is 4.90 Å². The van der Waals surface area contributed by atoms with Gasteiger partial charge in [-0.1, -0.05) is 103 Å². The van der Waals surface area contributed by atoms with Crippen molar-refractivity contribution in [3.8, 4) is 11.3 Å². The lowest BCUT2D eigenvalue weighted by atomic mass is 9.95. The Morgan fingerprint density at radius 3 is 1.77 bits per heavy atom. The molecule has 188 valence electrons. The van der Waals surface area contributed by atoms with Crippen LogP contribution in [-0.4, -0.2) is 4.98 Å². The Kier molecular flexibility index (Phi) is 5.35. The topological polar surface area (TPSA) is 16.1 Å². The predicted molar refractivity (Wildman–Crippen MR) is 172 cm³/mol. The molecule has 0 N–H and O–H groups in total. The molecule has 0 aliphatic rings. The molecule has 8 aromatic rings. The van der Waals surface area contributed by atoms with Gasteiger partial charge in [0.1, 0.15) is 0 Å². The van der Waals surface area contributed by atoms with Gasteiger partial charge in [0.05, 0.1) is 21.6 Å². The monoisotopic (exact) mass is 528 g/mol. The number of pyridine rings is 1. The molecule has 0 saturated heterocycles. The fourth-order valence-corrected chi connectivity index (χ4v) is 7.09. The van der Waals surface area contributed by atoms with E-state index in [0.717, 1.165) is 39.2 Å². The highest BCUT2D eigenvalue weighted by Crippen LogP contribution is 2.50. The van der Waals surface area contributed by atoms with Crippen molar-refractivity contribution in [3.63, 3.8) is 0 Å². The van der Waals surface area contributed by atoms with Crippen molar-refractivity contribution in [2.75, 3.05) is 4.90 Å². The first-order valence-electron chi connectivity index (χ1n) is 13.5. The van der Waals surface area contributed by atoms with Crippen LogP contribution in [0.1, 0.15) is 0 Å². The summed E-state index contributed by atoms with van der Waals surface area (Å²) in [6, 6.07) is 51.7. The number of rotatable bonds is 4. The minimum Gasteiger partial charge on any atom is -0.309 e. The van der Waals surface area contributed by atoms with E-state index in [-0.39, 0.29) is 0 Å². The molecule has 0 radical (unpaired) electrons. The minimum atomic E-state index is 1.01. The van der Waals surface area contributed by atoms with Crippen LogP contribution in [0, 0.1) is 0 Å². The lowest BCUT2D eigenvalue weighted by Gasteiger charge is -2.27. The van der Waals surface area contributed by atoms with Crippen LogP contribution in [0.5, 0.6) is 0 Å². The summed E-state index contributed by atoms with van der Waals surface area (Å²) in [5, 5.41) is 6.18. The molecule has 40 heavy (non-hydrogen) atoms. The normalized spacial score (nSPS) is 11.5. The van der Waals surface area contributed by atoms with E-state index in [1.165, 1.54) is 30.9 Å². The number of hydrogen-bond donors (Lipinski definition) is 0. The molecule has 0 atom stereocenters. The summed E-state index contributed by atoms with van der Waals surface area (Å²) in [6.07, 6.45) is 0. The number of fused-ring (bicyclic) bond motifs is 7. The Hall–Kier alpha value is -4.99. The van der Waals surface area contributed by atoms with Crippen molar-refractivity contribution in [1.82, 2.24) is 4.98 Å². The Balaban J connectivity index is 1.61. The second kappa shape index (κ2) is 9.33. The number of hydrogen-bond acceptors (Lipinski definition) is 3. The summed E-state index contributed by atoms with van der Waals surface area (Å²) in [4.78, 5) is 7.67. The molecule has 8 rings (SSSR count). The van der Waals surface area contributed by atoms with Gasteiger partial charge in [-0.05, 0) is 42.5 Å². The van der Waals surface area contributed by atoms with Gasteiger partial charge in [0, 0.05) is 48.6 Å². The van der Waals surface area contributed by atoms with Gasteiger partial charge in [0.25, 0.3) is 0 Å². The molecule has 0 aliphatic heterocycles. The fraction of sp³-hybridized carbons (Fsp3) is 0. The van der Waals surface area contributed by atoms with E-state index in [4.69, 9.17) is 4.98 Å². The highest BCUT2D eigenvalue weighted by atomic mass is 32.1. The van der Waals surface area contributed by atoms with Gasteiger partial charge in [-0.25, -0.2) is 4.98 Å². The smallest absolute Gasteiger partial charge is 0.0789 e. The molecule has 0 amide bonds. The van der Waals surface area contributed by atoms with Gasteiger partial charge >= 0.3 is 0 Å². The van der Waals surface area contributed by atoms with Gasteiger partial charge in [-0.2, -0.15) is 0 Å². The van der Waals surface area contributed by atoms with E-state index in [1.807, 2.05) is 11.3 Å². The van der Waals surface area contributed by atoms with E-state index >= 15 is 0 Å². The second-order valence-electron chi connectivity index (χ2n) is 9.97. The first-order valence-corrected chi connectivity index (χ1v) is 14.3. The van der Waals surface area contributed by atoms with E-state index in [2.05, 4.69) is 150 Å². The number of nitrogens with zero attached hydrogens (tertiary/aromatic N) is 2. The number of para-hydroxylation sites is 3. The third-order valence-electron chi connectivity index (χ3n) is 7.61. The maximum atomic E-state index is 5.28. The number of benzene rings is 6. The van der Waals surface area contributed by atoms with Crippen molar-refractivity contribution in [2.24, 2.45) is 0 Å². The molecule has 3 heteroatoms. The second-order valence-corrected chi connectivity index (χ2v) is 11.0. The number of aromatic nitrogens is 1. The zero-order chi connectivity index (χ0) is 26.5. The summed E-state index contributed by atoms with van der Waals surface area (Å²) in [6.45, 7) is 0. The van der Waals surface area contributed by atoms with Gasteiger partial charge in [0.2, 0.25) is 0 Å². The molecule has 0 fully saturated rings. The van der Waals surface area contributed by atoms with Crippen molar-refractivity contribution >= 4 is 70.2 Å². The Labute approximate surface area is 236 Å². The lowest BCUT2D eigenvalue weighted by molar-refractivity contribution is 1.30. The maximum Gasteiger partial charge on any atom is 0.0789 e. The van der Waals surface area contributed by atoms with Gasteiger partial charge in [-0.15, -0.1) is 11.3 Å². The van der Waals surface area contributed by atoms with Crippen LogP contribution in [0.3, 0.4) is 0 Å². The van der Waals surface area contributed by atoms with E-state index in [9.17, 15) is 0 Å². The average molecular weight is 529 g/mol. The van der Waals surface area contributed by atoms with Crippen molar-refractivity contribution < 1.29 is 0 Å². The largest absolute Gasteiger partial charge is 0.309 e. The molecule has 0 unspecified atom stereocenters. The summed E-state index contributed by atoms with van der Waals surface area (Å²) in [5.74, 6) is 0. The van der Waals surface area contributed by atoms with Crippen LogP contribution in [0.25, 0.3) is 53.1 Å². The molecule has 2 heterocycles. The molecule has 2 aromatic heterocycles. The summed E-state index contributed by atoms with van der Waals surface area (Å²) < 4.78 is 2.56. The first-order chi connectivity index (χ1) is 19.9. The molecular formula is C37H24N2S. The average Bonchev–Trinajstić information content (AvgIpc) is 3.42. The summed E-state index contributed by atoms with van der Waals surface area (Å²) >= 11 is 1.87. The summed E-state index contributed by atoms with van der Waals surface area (Å²) in [7, 11) is 0. The quantitative estimate of drug-likeness (QED) is 0.211. The molecule has 6 aromatic carbocycles. The van der Waals surface area contributed by atoms with Gasteiger partial charge in [0.15, 0.2) is 0 Å². The molecule has 0 saturated carbocycles. The van der Waals surface area contributed by atoms with Crippen LogP contribution >= 0.6 is 11.3 Å². The molecule has 0 aliphatic carbocycles. The van der Waals surface area contributed by atoms with Crippen molar-refractivity contribution in [3.05, 3.63) is 146 Å².